The molecule has 6 heteroatoms. The lowest BCUT2D eigenvalue weighted by molar-refractivity contribution is 0.555. The minimum Gasteiger partial charge on any atom is -0.299 e. The van der Waals surface area contributed by atoms with Gasteiger partial charge in [0.15, 0.2) is 11.0 Å². The highest BCUT2D eigenvalue weighted by atomic mass is 32.2. The zero-order valence-electron chi connectivity index (χ0n) is 12.4. The molecular formula is C16H16FN3S2. The standard InChI is InChI=1S/C16H16FN3S2/c1-11(2)20-15(14-4-3-9-21-14)18-19-16(20)22-10-12-5-7-13(17)8-6-12/h3-9,11H,10H2,1-2H3. The Labute approximate surface area is 137 Å². The Morgan fingerprint density at radius 1 is 1.18 bits per heavy atom. The molecule has 0 N–H and O–H groups in total. The average Bonchev–Trinajstić information content (AvgIpc) is 3.15. The minimum atomic E-state index is -0.209. The van der Waals surface area contributed by atoms with Gasteiger partial charge in [0.2, 0.25) is 0 Å². The molecule has 3 aromatic rings. The molecule has 0 saturated carbocycles. The van der Waals surface area contributed by atoms with Crippen molar-refractivity contribution in [1.29, 1.82) is 0 Å². The molecular weight excluding hydrogens is 317 g/mol. The molecule has 3 nitrogen and oxygen atoms in total. The fraction of sp³-hybridized carbons (Fsp3) is 0.250. The Morgan fingerprint density at radius 2 is 1.95 bits per heavy atom. The lowest BCUT2D eigenvalue weighted by Gasteiger charge is -2.12. The largest absolute Gasteiger partial charge is 0.299 e. The van der Waals surface area contributed by atoms with Crippen molar-refractivity contribution in [2.75, 3.05) is 0 Å². The van der Waals surface area contributed by atoms with Crippen LogP contribution in [0, 0.1) is 5.82 Å². The van der Waals surface area contributed by atoms with Crippen molar-refractivity contribution in [3.05, 3.63) is 53.2 Å². The molecule has 2 heterocycles. The number of halogens is 1. The number of nitrogens with zero attached hydrogens (tertiary/aromatic N) is 3. The molecule has 1 aromatic carbocycles. The van der Waals surface area contributed by atoms with Gasteiger partial charge in [0.1, 0.15) is 5.82 Å². The quantitative estimate of drug-likeness (QED) is 0.614. The summed E-state index contributed by atoms with van der Waals surface area (Å²) in [7, 11) is 0. The van der Waals surface area contributed by atoms with E-state index in [9.17, 15) is 4.39 Å². The molecule has 0 atom stereocenters. The first-order chi connectivity index (χ1) is 10.6. The molecule has 22 heavy (non-hydrogen) atoms. The highest BCUT2D eigenvalue weighted by molar-refractivity contribution is 7.98. The molecule has 0 saturated heterocycles. The smallest absolute Gasteiger partial charge is 0.192 e. The maximum Gasteiger partial charge on any atom is 0.192 e. The maximum absolute atomic E-state index is 12.9. The topological polar surface area (TPSA) is 30.7 Å². The summed E-state index contributed by atoms with van der Waals surface area (Å²) in [6, 6.07) is 10.9. The summed E-state index contributed by atoms with van der Waals surface area (Å²) in [6.45, 7) is 4.25. The Kier molecular flexibility index (Phi) is 4.59. The van der Waals surface area contributed by atoms with E-state index in [2.05, 4.69) is 34.7 Å². The fourth-order valence-corrected chi connectivity index (χ4v) is 3.87. The maximum atomic E-state index is 12.9. The Morgan fingerprint density at radius 3 is 2.59 bits per heavy atom. The molecule has 0 fully saturated rings. The van der Waals surface area contributed by atoms with Crippen molar-refractivity contribution in [2.45, 2.75) is 30.8 Å². The van der Waals surface area contributed by atoms with Gasteiger partial charge >= 0.3 is 0 Å². The van der Waals surface area contributed by atoms with Crippen LogP contribution in [0.5, 0.6) is 0 Å². The van der Waals surface area contributed by atoms with E-state index >= 15 is 0 Å². The zero-order chi connectivity index (χ0) is 15.5. The molecule has 0 spiro atoms. The van der Waals surface area contributed by atoms with Crippen molar-refractivity contribution >= 4 is 23.1 Å². The SMILES string of the molecule is CC(C)n1c(SCc2ccc(F)cc2)nnc1-c1cccs1. The molecule has 0 bridgehead atoms. The second-order valence-electron chi connectivity index (χ2n) is 5.16. The first-order valence-corrected chi connectivity index (χ1v) is 8.87. The Hall–Kier alpha value is -1.66. The van der Waals surface area contributed by atoms with E-state index < -0.39 is 0 Å². The summed E-state index contributed by atoms with van der Waals surface area (Å²) in [5.74, 6) is 1.45. The van der Waals surface area contributed by atoms with Crippen LogP contribution in [-0.2, 0) is 5.75 Å². The first-order valence-electron chi connectivity index (χ1n) is 7.01. The monoisotopic (exact) mass is 333 g/mol. The molecule has 114 valence electrons. The number of thioether (sulfide) groups is 1. The van der Waals surface area contributed by atoms with E-state index in [1.807, 2.05) is 11.4 Å². The summed E-state index contributed by atoms with van der Waals surface area (Å²) in [6.07, 6.45) is 0. The third kappa shape index (κ3) is 3.23. The van der Waals surface area contributed by atoms with Gasteiger partial charge in [-0.05, 0) is 43.0 Å². The van der Waals surface area contributed by atoms with Crippen LogP contribution in [0.15, 0.2) is 46.9 Å². The second-order valence-corrected chi connectivity index (χ2v) is 7.05. The lowest BCUT2D eigenvalue weighted by atomic mass is 10.2. The highest BCUT2D eigenvalue weighted by Crippen LogP contribution is 2.31. The highest BCUT2D eigenvalue weighted by Gasteiger charge is 2.17. The minimum absolute atomic E-state index is 0.209. The number of benzene rings is 1. The van der Waals surface area contributed by atoms with E-state index in [-0.39, 0.29) is 11.9 Å². The van der Waals surface area contributed by atoms with Gasteiger partial charge in [-0.3, -0.25) is 4.57 Å². The van der Waals surface area contributed by atoms with E-state index in [0.29, 0.717) is 0 Å². The summed E-state index contributed by atoms with van der Waals surface area (Å²) >= 11 is 3.29. The molecule has 0 aliphatic heterocycles. The van der Waals surface area contributed by atoms with Crippen molar-refractivity contribution < 1.29 is 4.39 Å². The summed E-state index contributed by atoms with van der Waals surface area (Å²) in [5.41, 5.74) is 1.07. The fourth-order valence-electron chi connectivity index (χ4n) is 2.14. The van der Waals surface area contributed by atoms with Crippen LogP contribution < -0.4 is 0 Å². The van der Waals surface area contributed by atoms with E-state index in [4.69, 9.17) is 0 Å². The van der Waals surface area contributed by atoms with Crippen LogP contribution >= 0.6 is 23.1 Å². The van der Waals surface area contributed by atoms with Crippen LogP contribution in [-0.4, -0.2) is 14.8 Å². The van der Waals surface area contributed by atoms with Crippen molar-refractivity contribution in [2.24, 2.45) is 0 Å². The summed E-state index contributed by atoms with van der Waals surface area (Å²) in [5, 5.41) is 11.6. The molecule has 0 unspecified atom stereocenters. The van der Waals surface area contributed by atoms with Gasteiger partial charge in [-0.1, -0.05) is 30.0 Å². The molecule has 0 radical (unpaired) electrons. The van der Waals surface area contributed by atoms with Crippen molar-refractivity contribution in [3.63, 3.8) is 0 Å². The van der Waals surface area contributed by atoms with Crippen LogP contribution in [0.4, 0.5) is 4.39 Å². The van der Waals surface area contributed by atoms with Crippen LogP contribution in [0.1, 0.15) is 25.5 Å². The molecule has 0 aliphatic rings. The normalized spacial score (nSPS) is 11.3. The van der Waals surface area contributed by atoms with Crippen LogP contribution in [0.2, 0.25) is 0 Å². The van der Waals surface area contributed by atoms with Gasteiger partial charge < -0.3 is 0 Å². The van der Waals surface area contributed by atoms with Crippen molar-refractivity contribution in [3.8, 4) is 10.7 Å². The first kappa shape index (κ1) is 15.2. The molecule has 0 aliphatic carbocycles. The van der Waals surface area contributed by atoms with Crippen molar-refractivity contribution in [1.82, 2.24) is 14.8 Å². The van der Waals surface area contributed by atoms with Gasteiger partial charge in [0, 0.05) is 11.8 Å². The zero-order valence-corrected chi connectivity index (χ0v) is 14.0. The van der Waals surface area contributed by atoms with E-state index in [1.165, 1.54) is 12.1 Å². The number of hydrogen-bond donors (Lipinski definition) is 0. The van der Waals surface area contributed by atoms with Gasteiger partial charge in [-0.2, -0.15) is 0 Å². The lowest BCUT2D eigenvalue weighted by Crippen LogP contribution is -2.04. The number of aromatic nitrogens is 3. The van der Waals surface area contributed by atoms with E-state index in [1.54, 1.807) is 35.2 Å². The number of rotatable bonds is 5. The predicted octanol–water partition coefficient (Wildman–Crippen LogP) is 5.02. The second kappa shape index (κ2) is 6.62. The number of hydrogen-bond acceptors (Lipinski definition) is 4. The Balaban J connectivity index is 1.83. The Bertz CT molecular complexity index is 733. The number of thiophene rings is 1. The van der Waals surface area contributed by atoms with Gasteiger partial charge in [0.25, 0.3) is 0 Å². The van der Waals surface area contributed by atoms with Crippen LogP contribution in [0.25, 0.3) is 10.7 Å². The summed E-state index contributed by atoms with van der Waals surface area (Å²) < 4.78 is 15.1. The van der Waals surface area contributed by atoms with Gasteiger partial charge in [-0.15, -0.1) is 21.5 Å². The third-order valence-corrected chi connectivity index (χ3v) is 5.08. The predicted molar refractivity (Wildman–Crippen MR) is 89.7 cm³/mol. The van der Waals surface area contributed by atoms with Gasteiger partial charge in [0.05, 0.1) is 4.88 Å². The molecule has 3 rings (SSSR count). The third-order valence-electron chi connectivity index (χ3n) is 3.20. The molecule has 0 amide bonds. The van der Waals surface area contributed by atoms with Gasteiger partial charge in [-0.25, -0.2) is 4.39 Å². The molecule has 2 aromatic heterocycles. The summed E-state index contributed by atoms with van der Waals surface area (Å²) in [4.78, 5) is 1.12. The average molecular weight is 333 g/mol. The van der Waals surface area contributed by atoms with Crippen LogP contribution in [0.3, 0.4) is 0 Å². The van der Waals surface area contributed by atoms with E-state index in [0.717, 1.165) is 27.2 Å².